The molecule has 0 bridgehead atoms. The number of pyridine rings is 2. The zero-order chi connectivity index (χ0) is 17.6. The highest BCUT2D eigenvalue weighted by atomic mass is 19.2. The molecule has 126 valence electrons. The summed E-state index contributed by atoms with van der Waals surface area (Å²) in [5.41, 5.74) is 2.07. The third-order valence-corrected chi connectivity index (χ3v) is 3.38. The topological polar surface area (TPSA) is 66.9 Å². The summed E-state index contributed by atoms with van der Waals surface area (Å²) in [7, 11) is 0. The highest BCUT2D eigenvalue weighted by molar-refractivity contribution is 5.92. The SMILES string of the molecule is O=C(NCc1cccnc1)c1ccc(Nc2ccc(F)c(F)c2)cn1. The number of halogens is 2. The molecule has 7 heteroatoms. The first-order valence-corrected chi connectivity index (χ1v) is 7.47. The number of hydrogen-bond acceptors (Lipinski definition) is 4. The van der Waals surface area contributed by atoms with E-state index in [4.69, 9.17) is 0 Å². The zero-order valence-corrected chi connectivity index (χ0v) is 13.0. The number of nitrogens with zero attached hydrogens (tertiary/aromatic N) is 2. The maximum absolute atomic E-state index is 13.2. The summed E-state index contributed by atoms with van der Waals surface area (Å²) in [6, 6.07) is 10.3. The van der Waals surface area contributed by atoms with Crippen LogP contribution in [0.25, 0.3) is 0 Å². The Morgan fingerprint density at radius 1 is 1.00 bits per heavy atom. The molecule has 0 aliphatic carbocycles. The van der Waals surface area contributed by atoms with Crippen LogP contribution in [0.2, 0.25) is 0 Å². The van der Waals surface area contributed by atoms with Gasteiger partial charge in [0.05, 0.1) is 11.9 Å². The van der Waals surface area contributed by atoms with Gasteiger partial charge in [0.1, 0.15) is 5.69 Å². The first-order chi connectivity index (χ1) is 12.1. The maximum Gasteiger partial charge on any atom is 0.270 e. The summed E-state index contributed by atoms with van der Waals surface area (Å²) in [4.78, 5) is 20.1. The quantitative estimate of drug-likeness (QED) is 0.747. The fraction of sp³-hybridized carbons (Fsp3) is 0.0556. The van der Waals surface area contributed by atoms with E-state index in [-0.39, 0.29) is 11.6 Å². The van der Waals surface area contributed by atoms with Gasteiger partial charge in [-0.15, -0.1) is 0 Å². The molecule has 0 aliphatic rings. The van der Waals surface area contributed by atoms with Crippen LogP contribution in [-0.2, 0) is 6.54 Å². The minimum Gasteiger partial charge on any atom is -0.354 e. The molecule has 0 saturated heterocycles. The molecule has 0 atom stereocenters. The lowest BCUT2D eigenvalue weighted by Crippen LogP contribution is -2.23. The summed E-state index contributed by atoms with van der Waals surface area (Å²) in [5, 5.41) is 5.63. The molecule has 1 amide bonds. The second kappa shape index (κ2) is 7.48. The van der Waals surface area contributed by atoms with Crippen LogP contribution in [0.15, 0.2) is 61.1 Å². The Balaban J connectivity index is 1.61. The summed E-state index contributed by atoms with van der Waals surface area (Å²) in [6.07, 6.45) is 4.77. The maximum atomic E-state index is 13.2. The van der Waals surface area contributed by atoms with Crippen molar-refractivity contribution in [1.29, 1.82) is 0 Å². The highest BCUT2D eigenvalue weighted by Crippen LogP contribution is 2.18. The monoisotopic (exact) mass is 340 g/mol. The lowest BCUT2D eigenvalue weighted by Gasteiger charge is -2.08. The van der Waals surface area contributed by atoms with Crippen LogP contribution in [-0.4, -0.2) is 15.9 Å². The second-order valence-corrected chi connectivity index (χ2v) is 5.23. The van der Waals surface area contributed by atoms with Crippen molar-refractivity contribution in [3.63, 3.8) is 0 Å². The van der Waals surface area contributed by atoms with Crippen molar-refractivity contribution in [1.82, 2.24) is 15.3 Å². The molecule has 2 heterocycles. The van der Waals surface area contributed by atoms with Crippen molar-refractivity contribution in [2.75, 3.05) is 5.32 Å². The first-order valence-electron chi connectivity index (χ1n) is 7.47. The minimum absolute atomic E-state index is 0.250. The Kier molecular flexibility index (Phi) is 4.94. The van der Waals surface area contributed by atoms with Gasteiger partial charge < -0.3 is 10.6 Å². The number of aromatic nitrogens is 2. The van der Waals surface area contributed by atoms with Crippen LogP contribution >= 0.6 is 0 Å². The van der Waals surface area contributed by atoms with Gasteiger partial charge in [-0.3, -0.25) is 9.78 Å². The van der Waals surface area contributed by atoms with Crippen molar-refractivity contribution >= 4 is 17.3 Å². The lowest BCUT2D eigenvalue weighted by molar-refractivity contribution is 0.0946. The van der Waals surface area contributed by atoms with E-state index in [1.165, 1.54) is 12.3 Å². The first kappa shape index (κ1) is 16.5. The standard InChI is InChI=1S/C18H14F2N4O/c19-15-5-3-13(8-16(15)20)24-14-4-6-17(22-11-14)18(25)23-10-12-2-1-7-21-9-12/h1-9,11,24H,10H2,(H,23,25). The number of nitrogens with one attached hydrogen (secondary N) is 2. The zero-order valence-electron chi connectivity index (χ0n) is 13.0. The molecule has 0 fully saturated rings. The molecule has 0 saturated carbocycles. The fourth-order valence-electron chi connectivity index (χ4n) is 2.12. The van der Waals surface area contributed by atoms with Gasteiger partial charge in [-0.2, -0.15) is 0 Å². The Labute approximate surface area is 142 Å². The van der Waals surface area contributed by atoms with Crippen LogP contribution in [0.1, 0.15) is 16.1 Å². The molecule has 3 rings (SSSR count). The van der Waals surface area contributed by atoms with Gasteiger partial charge in [-0.1, -0.05) is 6.07 Å². The highest BCUT2D eigenvalue weighted by Gasteiger charge is 2.08. The molecular formula is C18H14F2N4O. The molecule has 2 N–H and O–H groups in total. The van der Waals surface area contributed by atoms with Gasteiger partial charge in [0.2, 0.25) is 0 Å². The van der Waals surface area contributed by atoms with Gasteiger partial charge in [-0.05, 0) is 35.9 Å². The van der Waals surface area contributed by atoms with Crippen LogP contribution < -0.4 is 10.6 Å². The van der Waals surface area contributed by atoms with E-state index in [2.05, 4.69) is 20.6 Å². The van der Waals surface area contributed by atoms with Crippen molar-refractivity contribution in [2.24, 2.45) is 0 Å². The predicted molar refractivity (Wildman–Crippen MR) is 89.3 cm³/mol. The van der Waals surface area contributed by atoms with Crippen molar-refractivity contribution in [2.45, 2.75) is 6.54 Å². The molecule has 1 aromatic carbocycles. The van der Waals surface area contributed by atoms with Crippen LogP contribution in [0.3, 0.4) is 0 Å². The predicted octanol–water partition coefficient (Wildman–Crippen LogP) is 3.43. The third-order valence-electron chi connectivity index (χ3n) is 3.38. The number of carbonyl (C=O) groups is 1. The normalized spacial score (nSPS) is 10.3. The third kappa shape index (κ3) is 4.35. The molecule has 3 aromatic rings. The molecule has 0 aliphatic heterocycles. The number of amides is 1. The van der Waals surface area contributed by atoms with Gasteiger partial charge in [0.25, 0.3) is 5.91 Å². The lowest BCUT2D eigenvalue weighted by atomic mass is 10.2. The molecule has 2 aromatic heterocycles. The van der Waals surface area contributed by atoms with Crippen LogP contribution in [0, 0.1) is 11.6 Å². The number of carbonyl (C=O) groups excluding carboxylic acids is 1. The summed E-state index contributed by atoms with van der Waals surface area (Å²) in [5.74, 6) is -2.17. The largest absolute Gasteiger partial charge is 0.354 e. The second-order valence-electron chi connectivity index (χ2n) is 5.23. The smallest absolute Gasteiger partial charge is 0.270 e. The van der Waals surface area contributed by atoms with Crippen molar-refractivity contribution in [3.05, 3.63) is 83.9 Å². The van der Waals surface area contributed by atoms with E-state index in [0.29, 0.717) is 17.9 Å². The molecule has 25 heavy (non-hydrogen) atoms. The Morgan fingerprint density at radius 2 is 1.84 bits per heavy atom. The average molecular weight is 340 g/mol. The number of benzene rings is 1. The van der Waals surface area contributed by atoms with Gasteiger partial charge in [0.15, 0.2) is 11.6 Å². The van der Waals surface area contributed by atoms with E-state index >= 15 is 0 Å². The van der Waals surface area contributed by atoms with Gasteiger partial charge in [-0.25, -0.2) is 13.8 Å². The van der Waals surface area contributed by atoms with E-state index in [1.54, 1.807) is 30.6 Å². The average Bonchev–Trinajstić information content (AvgIpc) is 2.64. The molecule has 0 unspecified atom stereocenters. The van der Waals surface area contributed by atoms with Crippen molar-refractivity contribution < 1.29 is 13.6 Å². The summed E-state index contributed by atoms with van der Waals surface area (Å²) in [6.45, 7) is 0.350. The Morgan fingerprint density at radius 3 is 2.52 bits per heavy atom. The summed E-state index contributed by atoms with van der Waals surface area (Å²) >= 11 is 0. The molecular weight excluding hydrogens is 326 g/mol. The Hall–Kier alpha value is -3.35. The number of hydrogen-bond donors (Lipinski definition) is 2. The molecule has 0 spiro atoms. The van der Waals surface area contributed by atoms with Crippen LogP contribution in [0.5, 0.6) is 0 Å². The minimum atomic E-state index is -0.940. The van der Waals surface area contributed by atoms with E-state index in [0.717, 1.165) is 17.7 Å². The van der Waals surface area contributed by atoms with Crippen LogP contribution in [0.4, 0.5) is 20.2 Å². The molecule has 0 radical (unpaired) electrons. The Bertz CT molecular complexity index is 870. The number of rotatable bonds is 5. The van der Waals surface area contributed by atoms with Gasteiger partial charge >= 0.3 is 0 Å². The van der Waals surface area contributed by atoms with Gasteiger partial charge in [0, 0.05) is 30.7 Å². The van der Waals surface area contributed by atoms with E-state index in [9.17, 15) is 13.6 Å². The van der Waals surface area contributed by atoms with E-state index < -0.39 is 11.6 Å². The van der Waals surface area contributed by atoms with Crippen molar-refractivity contribution in [3.8, 4) is 0 Å². The van der Waals surface area contributed by atoms with E-state index in [1.807, 2.05) is 6.07 Å². The fourth-order valence-corrected chi connectivity index (χ4v) is 2.12. The molecule has 5 nitrogen and oxygen atoms in total. The number of anilines is 2. The summed E-state index contributed by atoms with van der Waals surface area (Å²) < 4.78 is 26.1.